The summed E-state index contributed by atoms with van der Waals surface area (Å²) >= 11 is 0. The third kappa shape index (κ3) is 4.63. The molecule has 0 saturated heterocycles. The molecule has 0 spiro atoms. The lowest BCUT2D eigenvalue weighted by molar-refractivity contribution is 0.283. The van der Waals surface area contributed by atoms with Gasteiger partial charge in [0.05, 0.1) is 35.9 Å². The minimum absolute atomic E-state index is 0.0812. The number of hydrogen-bond donors (Lipinski definition) is 0. The van der Waals surface area contributed by atoms with E-state index >= 15 is 0 Å². The molecule has 0 saturated carbocycles. The molecule has 0 aliphatic carbocycles. The standard InChI is InChI=1S/C16H25N7/c1-7-8-21(9-14-11-22(13(2)3)19-17-14)10-15-12-23(20-18-15)16(4,5)6/h1,11-13H,8-10H2,2-6H3. The molecule has 7 nitrogen and oxygen atoms in total. The van der Waals surface area contributed by atoms with Gasteiger partial charge in [-0.25, -0.2) is 9.36 Å². The lowest BCUT2D eigenvalue weighted by Crippen LogP contribution is -2.24. The summed E-state index contributed by atoms with van der Waals surface area (Å²) in [7, 11) is 0. The Morgan fingerprint density at radius 1 is 1.13 bits per heavy atom. The van der Waals surface area contributed by atoms with Crippen LogP contribution in [0.25, 0.3) is 0 Å². The van der Waals surface area contributed by atoms with E-state index in [1.165, 1.54) is 0 Å². The largest absolute Gasteiger partial charge is 0.280 e. The molecule has 2 rings (SSSR count). The number of terminal acetylenes is 1. The van der Waals surface area contributed by atoms with Crippen molar-refractivity contribution >= 4 is 0 Å². The van der Waals surface area contributed by atoms with Gasteiger partial charge in [0.2, 0.25) is 0 Å². The van der Waals surface area contributed by atoms with Crippen LogP contribution in [-0.4, -0.2) is 41.4 Å². The van der Waals surface area contributed by atoms with Crippen LogP contribution in [-0.2, 0) is 18.6 Å². The maximum absolute atomic E-state index is 5.49. The Morgan fingerprint density at radius 3 is 2.22 bits per heavy atom. The van der Waals surface area contributed by atoms with E-state index in [1.54, 1.807) is 0 Å². The number of hydrogen-bond acceptors (Lipinski definition) is 5. The van der Waals surface area contributed by atoms with Crippen LogP contribution in [0.4, 0.5) is 0 Å². The number of aromatic nitrogens is 6. The fourth-order valence-corrected chi connectivity index (χ4v) is 2.09. The van der Waals surface area contributed by atoms with E-state index in [4.69, 9.17) is 6.42 Å². The van der Waals surface area contributed by atoms with E-state index in [0.29, 0.717) is 25.7 Å². The van der Waals surface area contributed by atoms with Crippen LogP contribution in [0.3, 0.4) is 0 Å². The molecule has 0 fully saturated rings. The summed E-state index contributed by atoms with van der Waals surface area (Å²) in [6.07, 6.45) is 9.42. The maximum Gasteiger partial charge on any atom is 0.0967 e. The van der Waals surface area contributed by atoms with Gasteiger partial charge in [0.1, 0.15) is 0 Å². The van der Waals surface area contributed by atoms with Gasteiger partial charge in [0.25, 0.3) is 0 Å². The van der Waals surface area contributed by atoms with Crippen molar-refractivity contribution in [2.45, 2.75) is 59.3 Å². The number of nitrogens with zero attached hydrogens (tertiary/aromatic N) is 7. The Kier molecular flexibility index (Phi) is 5.16. The van der Waals surface area contributed by atoms with E-state index in [9.17, 15) is 0 Å². The molecule has 0 N–H and O–H groups in total. The normalized spacial score (nSPS) is 12.1. The Labute approximate surface area is 137 Å². The lowest BCUT2D eigenvalue weighted by atomic mass is 10.1. The quantitative estimate of drug-likeness (QED) is 0.761. The first kappa shape index (κ1) is 17.2. The second-order valence-electron chi connectivity index (χ2n) is 6.96. The number of rotatable bonds is 6. The van der Waals surface area contributed by atoms with Gasteiger partial charge in [-0.05, 0) is 34.6 Å². The third-order valence-corrected chi connectivity index (χ3v) is 3.40. The average Bonchev–Trinajstić information content (AvgIpc) is 3.07. The van der Waals surface area contributed by atoms with Crippen LogP contribution in [0.2, 0.25) is 0 Å². The summed E-state index contributed by atoms with van der Waals surface area (Å²) in [6, 6.07) is 0.295. The molecule has 0 bridgehead atoms. The minimum atomic E-state index is -0.0812. The highest BCUT2D eigenvalue weighted by Crippen LogP contribution is 2.13. The van der Waals surface area contributed by atoms with Gasteiger partial charge in [-0.15, -0.1) is 16.6 Å². The molecule has 124 valence electrons. The van der Waals surface area contributed by atoms with Gasteiger partial charge < -0.3 is 0 Å². The van der Waals surface area contributed by atoms with Crippen LogP contribution >= 0.6 is 0 Å². The zero-order chi connectivity index (χ0) is 17.0. The Hall–Kier alpha value is -2.20. The van der Waals surface area contributed by atoms with Gasteiger partial charge in [-0.3, -0.25) is 4.90 Å². The van der Waals surface area contributed by atoms with E-state index in [0.717, 1.165) is 11.4 Å². The molecule has 0 amide bonds. The molecule has 2 aromatic heterocycles. The van der Waals surface area contributed by atoms with Gasteiger partial charge in [0.15, 0.2) is 0 Å². The van der Waals surface area contributed by atoms with Gasteiger partial charge in [-0.1, -0.05) is 16.3 Å². The third-order valence-electron chi connectivity index (χ3n) is 3.40. The van der Waals surface area contributed by atoms with E-state index in [1.807, 2.05) is 21.8 Å². The van der Waals surface area contributed by atoms with Crippen LogP contribution in [0, 0.1) is 12.3 Å². The Balaban J connectivity index is 2.06. The second-order valence-corrected chi connectivity index (χ2v) is 6.96. The summed E-state index contributed by atoms with van der Waals surface area (Å²) in [5, 5.41) is 16.8. The molecular formula is C16H25N7. The topological polar surface area (TPSA) is 64.7 Å². The van der Waals surface area contributed by atoms with E-state index < -0.39 is 0 Å². The van der Waals surface area contributed by atoms with Crippen molar-refractivity contribution in [1.29, 1.82) is 0 Å². The first-order valence-electron chi connectivity index (χ1n) is 7.78. The molecule has 2 aromatic rings. The molecule has 0 aromatic carbocycles. The van der Waals surface area contributed by atoms with Crippen molar-refractivity contribution in [2.75, 3.05) is 6.54 Å². The molecule has 2 heterocycles. The predicted molar refractivity (Wildman–Crippen MR) is 88.4 cm³/mol. The highest BCUT2D eigenvalue weighted by molar-refractivity contribution is 5.00. The maximum atomic E-state index is 5.49. The first-order valence-corrected chi connectivity index (χ1v) is 7.78. The SMILES string of the molecule is C#CCN(Cc1cn(C(C)C)nn1)Cc1cn(C(C)(C)C)nn1. The fraction of sp³-hybridized carbons (Fsp3) is 0.625. The first-order chi connectivity index (χ1) is 10.8. The summed E-state index contributed by atoms with van der Waals surface area (Å²) in [5.41, 5.74) is 1.71. The Morgan fingerprint density at radius 2 is 1.74 bits per heavy atom. The van der Waals surface area contributed by atoms with Crippen LogP contribution in [0.15, 0.2) is 12.4 Å². The highest BCUT2D eigenvalue weighted by Gasteiger charge is 2.17. The van der Waals surface area contributed by atoms with Crippen molar-refractivity contribution in [3.05, 3.63) is 23.8 Å². The van der Waals surface area contributed by atoms with Crippen molar-refractivity contribution in [1.82, 2.24) is 34.9 Å². The van der Waals surface area contributed by atoms with Crippen molar-refractivity contribution in [3.8, 4) is 12.3 Å². The van der Waals surface area contributed by atoms with Gasteiger partial charge in [0, 0.05) is 19.1 Å². The predicted octanol–water partition coefficient (Wildman–Crippen LogP) is 1.84. The summed E-state index contributed by atoms with van der Waals surface area (Å²) in [4.78, 5) is 2.10. The van der Waals surface area contributed by atoms with Gasteiger partial charge in [-0.2, -0.15) is 0 Å². The van der Waals surface area contributed by atoms with Crippen molar-refractivity contribution < 1.29 is 0 Å². The van der Waals surface area contributed by atoms with Crippen LogP contribution < -0.4 is 0 Å². The summed E-state index contributed by atoms with van der Waals surface area (Å²) in [6.45, 7) is 12.2. The molecule has 23 heavy (non-hydrogen) atoms. The molecular weight excluding hydrogens is 290 g/mol. The lowest BCUT2D eigenvalue weighted by Gasteiger charge is -2.18. The highest BCUT2D eigenvalue weighted by atomic mass is 15.5. The van der Waals surface area contributed by atoms with Crippen LogP contribution in [0.5, 0.6) is 0 Å². The fourth-order valence-electron chi connectivity index (χ4n) is 2.09. The zero-order valence-corrected chi connectivity index (χ0v) is 14.6. The van der Waals surface area contributed by atoms with Gasteiger partial charge >= 0.3 is 0 Å². The van der Waals surface area contributed by atoms with Crippen molar-refractivity contribution in [2.24, 2.45) is 0 Å². The zero-order valence-electron chi connectivity index (χ0n) is 14.6. The summed E-state index contributed by atoms with van der Waals surface area (Å²) in [5.74, 6) is 2.69. The smallest absolute Gasteiger partial charge is 0.0967 e. The second kappa shape index (κ2) is 6.92. The Bertz CT molecular complexity index is 669. The van der Waals surface area contributed by atoms with E-state index in [-0.39, 0.29) is 5.54 Å². The monoisotopic (exact) mass is 315 g/mol. The molecule has 0 unspecified atom stereocenters. The average molecular weight is 315 g/mol. The molecule has 0 atom stereocenters. The molecule has 0 aliphatic heterocycles. The minimum Gasteiger partial charge on any atom is -0.280 e. The summed E-state index contributed by atoms with van der Waals surface area (Å²) < 4.78 is 3.71. The van der Waals surface area contributed by atoms with Crippen LogP contribution in [0.1, 0.15) is 52.0 Å². The van der Waals surface area contributed by atoms with E-state index in [2.05, 4.69) is 66.1 Å². The molecule has 7 heteroatoms. The molecule has 0 radical (unpaired) electrons. The molecule has 0 aliphatic rings. The van der Waals surface area contributed by atoms with Crippen molar-refractivity contribution in [3.63, 3.8) is 0 Å².